The number of benzene rings is 2. The molecule has 0 bridgehead atoms. The average Bonchev–Trinajstić information content (AvgIpc) is 3.68. The summed E-state index contributed by atoms with van der Waals surface area (Å²) in [6.07, 6.45) is 3.97. The molecule has 38 heavy (non-hydrogen) atoms. The third kappa shape index (κ3) is 7.17. The zero-order valence-corrected chi connectivity index (χ0v) is 22.5. The zero-order chi connectivity index (χ0) is 26.3. The highest BCUT2D eigenvalue weighted by molar-refractivity contribution is 7.99. The minimum Gasteiger partial charge on any atom is -0.353 e. The van der Waals surface area contributed by atoms with Crippen molar-refractivity contribution in [2.75, 3.05) is 49.2 Å². The number of hydrogen-bond acceptors (Lipinski definition) is 9. The fraction of sp³-hybridized carbons (Fsp3) is 0.321. The predicted octanol–water partition coefficient (Wildman–Crippen LogP) is 4.64. The number of likely N-dealkylation sites (N-methyl/N-ethyl adjacent to an activating group) is 1. The van der Waals surface area contributed by atoms with Gasteiger partial charge in [-0.25, -0.2) is 0 Å². The Morgan fingerprint density at radius 3 is 2.66 bits per heavy atom. The Kier molecular flexibility index (Phi) is 8.30. The maximum absolute atomic E-state index is 12.2. The van der Waals surface area contributed by atoms with Gasteiger partial charge >= 0.3 is 0 Å². The molecule has 0 atom stereocenters. The average molecular weight is 529 g/mol. The largest absolute Gasteiger partial charge is 0.353 e. The van der Waals surface area contributed by atoms with Crippen LogP contribution in [0.1, 0.15) is 25.3 Å². The summed E-state index contributed by atoms with van der Waals surface area (Å²) in [7, 11) is 2.08. The smallest absolute Gasteiger partial charge is 0.234 e. The summed E-state index contributed by atoms with van der Waals surface area (Å²) in [5, 5.41) is 10.1. The van der Waals surface area contributed by atoms with Crippen LogP contribution in [0.2, 0.25) is 0 Å². The molecular weight excluding hydrogens is 496 g/mol. The summed E-state index contributed by atoms with van der Waals surface area (Å²) >= 11 is 1.42. The molecule has 1 aliphatic heterocycles. The van der Waals surface area contributed by atoms with Crippen molar-refractivity contribution in [3.8, 4) is 0 Å². The summed E-state index contributed by atoms with van der Waals surface area (Å²) in [6, 6.07) is 18.0. The minimum atomic E-state index is 0.0857. The first-order valence-corrected chi connectivity index (χ1v) is 13.7. The number of aromatic nitrogens is 3. The second-order valence-electron chi connectivity index (χ2n) is 9.34. The minimum absolute atomic E-state index is 0.0857. The fourth-order valence-electron chi connectivity index (χ4n) is 3.83. The van der Waals surface area contributed by atoms with Crippen LogP contribution < -0.4 is 16.0 Å². The number of nitrogens with one attached hydrogen (secondary N) is 3. The number of carbonyl (C=O) groups excluding carboxylic acids is 1. The van der Waals surface area contributed by atoms with Crippen molar-refractivity contribution < 1.29 is 4.79 Å². The van der Waals surface area contributed by atoms with Gasteiger partial charge < -0.3 is 20.9 Å². The number of anilines is 3. The topological polar surface area (TPSA) is 107 Å². The maximum atomic E-state index is 12.2. The zero-order valence-electron chi connectivity index (χ0n) is 21.6. The molecule has 2 aliphatic rings. The van der Waals surface area contributed by atoms with Gasteiger partial charge in [0.25, 0.3) is 0 Å². The van der Waals surface area contributed by atoms with Crippen LogP contribution in [0.15, 0.2) is 75.7 Å². The molecule has 10 heteroatoms. The lowest BCUT2D eigenvalue weighted by Crippen LogP contribution is -2.25. The van der Waals surface area contributed by atoms with Crippen LogP contribution in [0.5, 0.6) is 0 Å². The van der Waals surface area contributed by atoms with Crippen LogP contribution in [0.3, 0.4) is 0 Å². The maximum Gasteiger partial charge on any atom is 0.234 e. The molecule has 0 unspecified atom stereocenters. The van der Waals surface area contributed by atoms with E-state index in [0.29, 0.717) is 36.0 Å². The van der Waals surface area contributed by atoms with Crippen LogP contribution in [0.4, 0.5) is 17.6 Å². The fourth-order valence-corrected chi connectivity index (χ4v) is 4.64. The van der Waals surface area contributed by atoms with Crippen molar-refractivity contribution in [3.63, 3.8) is 0 Å². The van der Waals surface area contributed by atoms with E-state index in [4.69, 9.17) is 0 Å². The molecule has 1 saturated carbocycles. The molecule has 1 fully saturated rings. The van der Waals surface area contributed by atoms with Gasteiger partial charge in [0, 0.05) is 29.6 Å². The second-order valence-corrected chi connectivity index (χ2v) is 10.4. The van der Waals surface area contributed by atoms with E-state index in [-0.39, 0.29) is 11.8 Å². The molecular formula is C28H32N8OS. The quantitative estimate of drug-likeness (QED) is 0.330. The molecule has 1 aliphatic carbocycles. The van der Waals surface area contributed by atoms with Crippen molar-refractivity contribution in [1.82, 2.24) is 19.9 Å². The van der Waals surface area contributed by atoms with E-state index >= 15 is 0 Å². The Labute approximate surface area is 227 Å². The van der Waals surface area contributed by atoms with Crippen LogP contribution in [-0.4, -0.2) is 64.8 Å². The van der Waals surface area contributed by atoms with Crippen LogP contribution >= 0.6 is 11.8 Å². The molecule has 2 heterocycles. The van der Waals surface area contributed by atoms with E-state index < -0.39 is 0 Å². The van der Waals surface area contributed by atoms with Gasteiger partial charge in [0.1, 0.15) is 5.84 Å². The van der Waals surface area contributed by atoms with E-state index in [2.05, 4.69) is 66.9 Å². The lowest BCUT2D eigenvalue weighted by molar-refractivity contribution is -0.117. The predicted molar refractivity (Wildman–Crippen MR) is 154 cm³/mol. The summed E-state index contributed by atoms with van der Waals surface area (Å²) in [4.78, 5) is 33.9. The van der Waals surface area contributed by atoms with Gasteiger partial charge in [-0.15, -0.1) is 0 Å². The van der Waals surface area contributed by atoms with E-state index in [1.54, 1.807) is 0 Å². The van der Waals surface area contributed by atoms with Gasteiger partial charge in [-0.3, -0.25) is 9.79 Å². The number of hydrogen-bond donors (Lipinski definition) is 3. The molecule has 2 aromatic carbocycles. The van der Waals surface area contributed by atoms with Crippen LogP contribution in [0, 0.1) is 5.92 Å². The molecule has 0 radical (unpaired) electrons. The molecule has 0 spiro atoms. The number of amidine groups is 1. The molecule has 3 N–H and O–H groups in total. The van der Waals surface area contributed by atoms with E-state index in [0.717, 1.165) is 47.7 Å². The summed E-state index contributed by atoms with van der Waals surface area (Å²) in [5.74, 6) is 1.88. The van der Waals surface area contributed by atoms with Crippen molar-refractivity contribution in [1.29, 1.82) is 0 Å². The van der Waals surface area contributed by atoms with Crippen LogP contribution in [-0.2, 0) is 4.79 Å². The summed E-state index contributed by atoms with van der Waals surface area (Å²) < 4.78 is 0. The van der Waals surface area contributed by atoms with Gasteiger partial charge in [-0.1, -0.05) is 43.3 Å². The van der Waals surface area contributed by atoms with Gasteiger partial charge in [-0.2, -0.15) is 15.0 Å². The number of rotatable bonds is 11. The first-order chi connectivity index (χ1) is 18.6. The third-order valence-corrected chi connectivity index (χ3v) is 7.16. The van der Waals surface area contributed by atoms with Gasteiger partial charge in [0.15, 0.2) is 5.16 Å². The molecule has 9 nitrogen and oxygen atoms in total. The van der Waals surface area contributed by atoms with Crippen molar-refractivity contribution >= 4 is 46.7 Å². The number of carbonyl (C=O) groups is 1. The number of nitrogens with zero attached hydrogens (tertiary/aromatic N) is 5. The highest BCUT2D eigenvalue weighted by atomic mass is 32.2. The second kappa shape index (κ2) is 12.2. The van der Waals surface area contributed by atoms with Crippen molar-refractivity contribution in [2.24, 2.45) is 10.9 Å². The Morgan fingerprint density at radius 2 is 1.87 bits per heavy atom. The number of amides is 1. The van der Waals surface area contributed by atoms with E-state index in [1.165, 1.54) is 11.8 Å². The normalized spacial score (nSPS) is 14.7. The Balaban J connectivity index is 1.32. The molecule has 5 rings (SSSR count). The van der Waals surface area contributed by atoms with Crippen molar-refractivity contribution in [2.45, 2.75) is 29.8 Å². The van der Waals surface area contributed by atoms with Gasteiger partial charge in [0.2, 0.25) is 17.8 Å². The standard InChI is InChI=1S/C28H32N8OS/c1-3-36(2)15-14-29-26-33-27(32-24-16-21(18-30-24)19-8-5-4-6-9-19)35-28(34-26)38-23-11-7-10-22(17-23)31-25(37)20-12-13-20/h4-11,16-17,20H,3,12-15,18H2,1-2H3,(H,31,37)(H2,29,30,32,33,34,35). The highest BCUT2D eigenvalue weighted by Gasteiger charge is 2.29. The molecule has 1 aromatic heterocycles. The summed E-state index contributed by atoms with van der Waals surface area (Å²) in [6.45, 7) is 5.27. The summed E-state index contributed by atoms with van der Waals surface area (Å²) in [5.41, 5.74) is 3.07. The first-order valence-electron chi connectivity index (χ1n) is 12.9. The monoisotopic (exact) mass is 528 g/mol. The molecule has 0 saturated heterocycles. The SMILES string of the molecule is CCN(C)CCNc1nc(NC2=NCC(c3ccccc3)=C2)nc(Sc2cccc(NC(=O)C3CC3)c2)n1. The molecule has 196 valence electrons. The Hall–Kier alpha value is -3.76. The Morgan fingerprint density at radius 1 is 1.05 bits per heavy atom. The first kappa shape index (κ1) is 25.9. The Bertz CT molecular complexity index is 1340. The van der Waals surface area contributed by atoms with Crippen LogP contribution in [0.25, 0.3) is 5.57 Å². The highest BCUT2D eigenvalue weighted by Crippen LogP contribution is 2.32. The molecule has 1 amide bonds. The molecule has 3 aromatic rings. The van der Waals surface area contributed by atoms with Crippen molar-refractivity contribution in [3.05, 3.63) is 66.2 Å². The van der Waals surface area contributed by atoms with E-state index in [9.17, 15) is 4.79 Å². The number of aliphatic imine (C=N–C) groups is 1. The van der Waals surface area contributed by atoms with E-state index in [1.807, 2.05) is 48.5 Å². The van der Waals surface area contributed by atoms with Gasteiger partial charge in [-0.05, 0) is 73.6 Å². The third-order valence-electron chi connectivity index (χ3n) is 6.31. The lowest BCUT2D eigenvalue weighted by Gasteiger charge is -2.14. The lowest BCUT2D eigenvalue weighted by atomic mass is 10.1. The van der Waals surface area contributed by atoms with Gasteiger partial charge in [0.05, 0.1) is 6.54 Å².